The molecule has 9 heteroatoms. The van der Waals surface area contributed by atoms with Crippen LogP contribution in [0.1, 0.15) is 46.5 Å². The van der Waals surface area contributed by atoms with Crippen LogP contribution < -0.4 is 0 Å². The molecule has 202 valence electrons. The van der Waals surface area contributed by atoms with Crippen molar-refractivity contribution in [2.45, 2.75) is 76.5 Å². The lowest BCUT2D eigenvalue weighted by Gasteiger charge is -2.52. The van der Waals surface area contributed by atoms with E-state index in [1.807, 2.05) is 13.8 Å². The number of carbonyl (C=O) groups is 3. The summed E-state index contributed by atoms with van der Waals surface area (Å²) in [4.78, 5) is 37.4. The number of cyclic esters (lactones) is 2. The highest BCUT2D eigenvalue weighted by Crippen LogP contribution is 2.68. The van der Waals surface area contributed by atoms with Crippen LogP contribution in [0.4, 0.5) is 0 Å². The van der Waals surface area contributed by atoms with Crippen LogP contribution >= 0.6 is 0 Å². The Bertz CT molecular complexity index is 1020. The van der Waals surface area contributed by atoms with Gasteiger partial charge >= 0.3 is 17.9 Å². The zero-order valence-corrected chi connectivity index (χ0v) is 21.6. The Morgan fingerprint density at radius 3 is 2.49 bits per heavy atom. The number of hydrogen-bond donors (Lipinski definition) is 1. The molecule has 0 radical (unpaired) electrons. The largest absolute Gasteiger partial charge is 0.463 e. The van der Waals surface area contributed by atoms with Crippen LogP contribution in [-0.2, 0) is 38.1 Å². The van der Waals surface area contributed by atoms with Crippen molar-refractivity contribution in [3.05, 3.63) is 36.0 Å². The quantitative estimate of drug-likeness (QED) is 0.224. The molecule has 5 aliphatic rings. The molecule has 0 amide bonds. The van der Waals surface area contributed by atoms with Gasteiger partial charge in [0.1, 0.15) is 11.7 Å². The highest BCUT2D eigenvalue weighted by atomic mass is 16.6. The minimum atomic E-state index is -1.27. The van der Waals surface area contributed by atoms with Gasteiger partial charge in [0.15, 0.2) is 6.10 Å². The molecule has 2 saturated heterocycles. The third kappa shape index (κ3) is 4.77. The number of allylic oxidation sites excluding steroid dienone is 3. The molecule has 3 aliphatic heterocycles. The van der Waals surface area contributed by atoms with Crippen LogP contribution in [0.15, 0.2) is 36.0 Å². The van der Waals surface area contributed by atoms with E-state index in [1.165, 1.54) is 24.3 Å². The van der Waals surface area contributed by atoms with E-state index in [0.717, 1.165) is 5.57 Å². The summed E-state index contributed by atoms with van der Waals surface area (Å²) in [6.45, 7) is 6.83. The molecule has 2 bridgehead atoms. The summed E-state index contributed by atoms with van der Waals surface area (Å²) in [6.07, 6.45) is 7.34. The lowest BCUT2D eigenvalue weighted by molar-refractivity contribution is -0.189. The summed E-state index contributed by atoms with van der Waals surface area (Å²) >= 11 is 0. The van der Waals surface area contributed by atoms with Gasteiger partial charge in [-0.1, -0.05) is 37.6 Å². The number of esters is 3. The summed E-state index contributed by atoms with van der Waals surface area (Å²) in [7, 11) is 0. The average Bonchev–Trinajstić information content (AvgIpc) is 3.62. The normalized spacial score (nSPS) is 46.2. The van der Waals surface area contributed by atoms with Crippen LogP contribution in [0.3, 0.4) is 0 Å². The van der Waals surface area contributed by atoms with Gasteiger partial charge < -0.3 is 28.8 Å². The summed E-state index contributed by atoms with van der Waals surface area (Å²) in [6, 6.07) is 0. The molecule has 0 aromatic rings. The number of aliphatic hydroxyl groups excluding tert-OH is 1. The predicted octanol–water partition coefficient (Wildman–Crippen LogP) is 2.42. The van der Waals surface area contributed by atoms with E-state index < -0.39 is 41.1 Å². The molecule has 2 aliphatic carbocycles. The monoisotopic (exact) mass is 516 g/mol. The zero-order chi connectivity index (χ0) is 26.4. The van der Waals surface area contributed by atoms with Gasteiger partial charge in [-0.05, 0) is 32.1 Å². The van der Waals surface area contributed by atoms with Gasteiger partial charge in [-0.25, -0.2) is 14.4 Å². The standard InChI is InChI=1S/C28H36O9/c1-16-8-9-33-23(30)6-4-5-7-24(31)37-21-13-22-28(15-35-28)27(21,3)25-18(10-17(2)12-20(25)36-22)14-34-26(32)19(29)11-16/h4-7,12,16,18-22,25,29H,8-11,13-15H2,1-3H3/b6-4+,7-5-/t16-,18?,19+,20?,21+,22?,25?,27-,28?/m1/s1. The van der Waals surface area contributed by atoms with E-state index in [9.17, 15) is 19.5 Å². The van der Waals surface area contributed by atoms with Crippen LogP contribution in [0, 0.1) is 23.2 Å². The molecule has 9 nitrogen and oxygen atoms in total. The maximum Gasteiger partial charge on any atom is 0.334 e. The number of epoxide rings is 1. The number of hydrogen-bond acceptors (Lipinski definition) is 9. The van der Waals surface area contributed by atoms with E-state index in [2.05, 4.69) is 13.0 Å². The van der Waals surface area contributed by atoms with Crippen LogP contribution in [0.5, 0.6) is 0 Å². The van der Waals surface area contributed by atoms with Gasteiger partial charge in [-0.3, -0.25) is 0 Å². The lowest BCUT2D eigenvalue weighted by Crippen LogP contribution is -2.60. The van der Waals surface area contributed by atoms with E-state index in [4.69, 9.17) is 23.7 Å². The second kappa shape index (κ2) is 10.0. The summed E-state index contributed by atoms with van der Waals surface area (Å²) < 4.78 is 29.4. The maximum atomic E-state index is 12.8. The highest BCUT2D eigenvalue weighted by molar-refractivity contribution is 5.84. The van der Waals surface area contributed by atoms with Crippen molar-refractivity contribution in [3.8, 4) is 0 Å². The summed E-state index contributed by atoms with van der Waals surface area (Å²) in [5.41, 5.74) is 0.0607. The smallest absolute Gasteiger partial charge is 0.334 e. The molecule has 3 fully saturated rings. The molecular formula is C28H36O9. The molecule has 0 aromatic carbocycles. The average molecular weight is 517 g/mol. The second-order valence-electron chi connectivity index (χ2n) is 11.4. The first-order valence-corrected chi connectivity index (χ1v) is 13.2. The summed E-state index contributed by atoms with van der Waals surface area (Å²) in [5, 5.41) is 10.5. The van der Waals surface area contributed by atoms with Crippen LogP contribution in [0.2, 0.25) is 0 Å². The molecule has 1 N–H and O–H groups in total. The Kier molecular flexibility index (Phi) is 7.06. The number of ether oxygens (including phenoxy) is 5. The van der Waals surface area contributed by atoms with Crippen molar-refractivity contribution in [3.63, 3.8) is 0 Å². The SMILES string of the molecule is CC1=CC2OC3C[C@@H]4OC(=O)/C=C\C=C\C(=O)OCC[C@@H](C)C[C@H](O)C(=O)OCC(C1)C2[C@]4(C)C31CO1. The van der Waals surface area contributed by atoms with Crippen LogP contribution in [-0.4, -0.2) is 72.9 Å². The molecule has 9 atom stereocenters. The predicted molar refractivity (Wildman–Crippen MR) is 130 cm³/mol. The molecule has 37 heavy (non-hydrogen) atoms. The number of aliphatic hydroxyl groups is 1. The Hall–Kier alpha value is -2.49. The third-order valence-corrected chi connectivity index (χ3v) is 8.92. The van der Waals surface area contributed by atoms with Crippen molar-refractivity contribution in [2.24, 2.45) is 23.2 Å². The molecule has 5 rings (SSSR count). The number of carbonyl (C=O) groups excluding carboxylic acids is 3. The lowest BCUT2D eigenvalue weighted by atomic mass is 9.57. The van der Waals surface area contributed by atoms with E-state index >= 15 is 0 Å². The van der Waals surface area contributed by atoms with Crippen molar-refractivity contribution < 1.29 is 43.2 Å². The molecule has 3 heterocycles. The van der Waals surface area contributed by atoms with Crippen molar-refractivity contribution in [1.29, 1.82) is 0 Å². The fourth-order valence-corrected chi connectivity index (χ4v) is 6.96. The van der Waals surface area contributed by atoms with Gasteiger partial charge in [0.05, 0.1) is 32.0 Å². The maximum absolute atomic E-state index is 12.8. The fraction of sp³-hybridized carbons (Fsp3) is 0.679. The molecule has 1 spiro atoms. The fourth-order valence-electron chi connectivity index (χ4n) is 6.96. The Morgan fingerprint density at radius 1 is 1.03 bits per heavy atom. The second-order valence-corrected chi connectivity index (χ2v) is 11.4. The zero-order valence-electron chi connectivity index (χ0n) is 21.6. The van der Waals surface area contributed by atoms with Crippen molar-refractivity contribution in [2.75, 3.05) is 19.8 Å². The Morgan fingerprint density at radius 2 is 1.76 bits per heavy atom. The van der Waals surface area contributed by atoms with Crippen LogP contribution in [0.25, 0.3) is 0 Å². The van der Waals surface area contributed by atoms with Crippen molar-refractivity contribution >= 4 is 17.9 Å². The topological polar surface area (TPSA) is 121 Å². The van der Waals surface area contributed by atoms with Crippen molar-refractivity contribution in [1.82, 2.24) is 0 Å². The van der Waals surface area contributed by atoms with Gasteiger partial charge in [-0.15, -0.1) is 0 Å². The van der Waals surface area contributed by atoms with Gasteiger partial charge in [0.25, 0.3) is 0 Å². The van der Waals surface area contributed by atoms with Gasteiger partial charge in [-0.2, -0.15) is 0 Å². The molecular weight excluding hydrogens is 480 g/mol. The Balaban J connectivity index is 1.44. The first-order valence-electron chi connectivity index (χ1n) is 13.2. The minimum Gasteiger partial charge on any atom is -0.463 e. The third-order valence-electron chi connectivity index (χ3n) is 8.92. The molecule has 0 aromatic heterocycles. The Labute approximate surface area is 216 Å². The van der Waals surface area contributed by atoms with Gasteiger partial charge in [0, 0.05) is 35.8 Å². The summed E-state index contributed by atoms with van der Waals surface area (Å²) in [5.74, 6) is -1.97. The first kappa shape index (κ1) is 26.1. The van der Waals surface area contributed by atoms with Gasteiger partial charge in [0.2, 0.25) is 0 Å². The highest BCUT2D eigenvalue weighted by Gasteiger charge is 2.79. The van der Waals surface area contributed by atoms with E-state index in [0.29, 0.717) is 25.9 Å². The first-order chi connectivity index (χ1) is 17.6. The van der Waals surface area contributed by atoms with E-state index in [1.54, 1.807) is 0 Å². The number of rotatable bonds is 0. The molecule has 1 saturated carbocycles. The molecule has 5 unspecified atom stereocenters. The minimum absolute atomic E-state index is 0.0578. The van der Waals surface area contributed by atoms with E-state index in [-0.39, 0.29) is 49.6 Å².